The van der Waals surface area contributed by atoms with Crippen LogP contribution in [0.1, 0.15) is 56.8 Å². The summed E-state index contributed by atoms with van der Waals surface area (Å²) >= 11 is 0. The number of ether oxygens (including phenoxy) is 4. The van der Waals surface area contributed by atoms with Gasteiger partial charge in [0.1, 0.15) is 18.3 Å². The summed E-state index contributed by atoms with van der Waals surface area (Å²) in [6.45, 7) is 6.37. The minimum atomic E-state index is -1.02. The minimum Gasteiger partial charge on any atom is -0.459 e. The van der Waals surface area contributed by atoms with Gasteiger partial charge >= 0.3 is 11.9 Å². The number of hydrogen-bond donors (Lipinski definition) is 0. The average Bonchev–Trinajstić information content (AvgIpc) is 3.17. The van der Waals surface area contributed by atoms with Gasteiger partial charge in [-0.1, -0.05) is 44.1 Å². The van der Waals surface area contributed by atoms with Gasteiger partial charge in [-0.15, -0.1) is 0 Å². The third kappa shape index (κ3) is 6.05. The Balaban J connectivity index is 1.83. The molecule has 180 valence electrons. The average molecular weight is 460 g/mol. The zero-order valence-electron chi connectivity index (χ0n) is 19.7. The van der Waals surface area contributed by atoms with Gasteiger partial charge in [0, 0.05) is 37.3 Å². The van der Waals surface area contributed by atoms with Crippen molar-refractivity contribution in [2.24, 2.45) is 22.9 Å². The maximum atomic E-state index is 12.9. The van der Waals surface area contributed by atoms with Crippen LogP contribution in [0.2, 0.25) is 0 Å². The maximum absolute atomic E-state index is 12.9. The number of methoxy groups -OCH3 is 1. The molecule has 2 aliphatic heterocycles. The van der Waals surface area contributed by atoms with E-state index in [2.05, 4.69) is 10.0 Å². The smallest absolute Gasteiger partial charge is 0.338 e. The standard InChI is InChI=1S/C24H33N3O6/c1-15-11-19(31-21(28)12-15)22-20(32-23(29)18-8-6-5-7-9-18)13-24(30-4,33-22)17(3)10-16(2)14-26-27-25/h5-9,15-17,19-20,22H,10-14H2,1-4H3/t15-,16+,17-,19+,20-,22+,24?/m1/s1. The van der Waals surface area contributed by atoms with Crippen LogP contribution < -0.4 is 0 Å². The van der Waals surface area contributed by atoms with Crippen molar-refractivity contribution in [1.29, 1.82) is 0 Å². The van der Waals surface area contributed by atoms with Crippen LogP contribution in [0.15, 0.2) is 35.4 Å². The molecule has 2 fully saturated rings. The molecule has 7 atom stereocenters. The van der Waals surface area contributed by atoms with Gasteiger partial charge in [-0.2, -0.15) is 0 Å². The van der Waals surface area contributed by atoms with Crippen molar-refractivity contribution in [3.8, 4) is 0 Å². The molecule has 0 N–H and O–H groups in total. The molecule has 2 saturated heterocycles. The molecule has 1 aromatic rings. The summed E-state index contributed by atoms with van der Waals surface area (Å²) in [6, 6.07) is 8.77. The van der Waals surface area contributed by atoms with E-state index in [1.165, 1.54) is 0 Å². The Hall–Kier alpha value is -2.61. The molecule has 9 nitrogen and oxygen atoms in total. The quantitative estimate of drug-likeness (QED) is 0.229. The van der Waals surface area contributed by atoms with E-state index in [-0.39, 0.29) is 23.7 Å². The van der Waals surface area contributed by atoms with E-state index >= 15 is 0 Å². The van der Waals surface area contributed by atoms with E-state index in [1.807, 2.05) is 26.8 Å². The van der Waals surface area contributed by atoms with Crippen LogP contribution in [-0.2, 0) is 23.7 Å². The lowest BCUT2D eigenvalue weighted by molar-refractivity contribution is -0.258. The van der Waals surface area contributed by atoms with Crippen LogP contribution in [-0.4, -0.2) is 49.7 Å². The molecule has 2 aliphatic rings. The Morgan fingerprint density at radius 2 is 2.06 bits per heavy atom. The fraction of sp³-hybridized carbons (Fsp3) is 0.667. The van der Waals surface area contributed by atoms with Crippen LogP contribution in [0.4, 0.5) is 0 Å². The number of carbonyl (C=O) groups excluding carboxylic acids is 2. The van der Waals surface area contributed by atoms with E-state index < -0.39 is 30.1 Å². The molecule has 0 aliphatic carbocycles. The van der Waals surface area contributed by atoms with Crippen molar-refractivity contribution in [3.63, 3.8) is 0 Å². The van der Waals surface area contributed by atoms with Crippen LogP contribution in [0, 0.1) is 17.8 Å². The van der Waals surface area contributed by atoms with Crippen molar-refractivity contribution in [3.05, 3.63) is 46.3 Å². The molecule has 0 saturated carbocycles. The predicted molar refractivity (Wildman–Crippen MR) is 120 cm³/mol. The third-order valence-electron chi connectivity index (χ3n) is 6.56. The minimum absolute atomic E-state index is 0.0916. The first kappa shape index (κ1) is 25.0. The Labute approximate surface area is 194 Å². The second-order valence-corrected chi connectivity index (χ2v) is 9.34. The lowest BCUT2D eigenvalue weighted by Crippen LogP contribution is -2.45. The highest BCUT2D eigenvalue weighted by molar-refractivity contribution is 5.89. The van der Waals surface area contributed by atoms with E-state index in [4.69, 9.17) is 24.5 Å². The van der Waals surface area contributed by atoms with E-state index in [0.29, 0.717) is 37.8 Å². The Morgan fingerprint density at radius 1 is 1.33 bits per heavy atom. The number of rotatable bonds is 9. The number of carbonyl (C=O) groups is 2. The topological polar surface area (TPSA) is 120 Å². The third-order valence-corrected chi connectivity index (χ3v) is 6.56. The van der Waals surface area contributed by atoms with Gasteiger partial charge in [0.15, 0.2) is 5.79 Å². The lowest BCUT2D eigenvalue weighted by Gasteiger charge is -2.36. The Kier molecular flexibility index (Phi) is 8.35. The van der Waals surface area contributed by atoms with E-state index in [9.17, 15) is 9.59 Å². The van der Waals surface area contributed by atoms with Crippen molar-refractivity contribution in [2.75, 3.05) is 13.7 Å². The molecule has 9 heteroatoms. The zero-order valence-corrected chi connectivity index (χ0v) is 19.7. The monoisotopic (exact) mass is 459 g/mol. The van der Waals surface area contributed by atoms with E-state index in [0.717, 1.165) is 0 Å². The molecule has 0 bridgehead atoms. The Morgan fingerprint density at radius 3 is 2.70 bits per heavy atom. The molecule has 0 aromatic heterocycles. The summed E-state index contributed by atoms with van der Waals surface area (Å²) in [5, 5.41) is 3.66. The first-order valence-electron chi connectivity index (χ1n) is 11.5. The molecule has 2 heterocycles. The van der Waals surface area contributed by atoms with Gasteiger partial charge in [-0.05, 0) is 42.3 Å². The second kappa shape index (κ2) is 11.0. The van der Waals surface area contributed by atoms with E-state index in [1.54, 1.807) is 31.4 Å². The number of hydrogen-bond acceptors (Lipinski definition) is 7. The molecule has 0 radical (unpaired) electrons. The first-order chi connectivity index (χ1) is 15.8. The van der Waals surface area contributed by atoms with Gasteiger partial charge in [0.25, 0.3) is 0 Å². The van der Waals surface area contributed by atoms with Crippen LogP contribution >= 0.6 is 0 Å². The summed E-state index contributed by atoms with van der Waals surface area (Å²) in [6.07, 6.45) is 0.164. The fourth-order valence-electron chi connectivity index (χ4n) is 4.87. The van der Waals surface area contributed by atoms with Crippen LogP contribution in [0.3, 0.4) is 0 Å². The number of nitrogens with zero attached hydrogens (tertiary/aromatic N) is 3. The predicted octanol–water partition coefficient (Wildman–Crippen LogP) is 4.66. The maximum Gasteiger partial charge on any atom is 0.338 e. The summed E-state index contributed by atoms with van der Waals surface area (Å²) in [4.78, 5) is 27.8. The van der Waals surface area contributed by atoms with Crippen molar-refractivity contribution >= 4 is 11.9 Å². The molecule has 33 heavy (non-hydrogen) atoms. The van der Waals surface area contributed by atoms with Crippen LogP contribution in [0.25, 0.3) is 10.4 Å². The van der Waals surface area contributed by atoms with Crippen molar-refractivity contribution < 1.29 is 28.5 Å². The summed E-state index contributed by atoms with van der Waals surface area (Å²) in [5.41, 5.74) is 9.05. The number of cyclic esters (lactones) is 1. The van der Waals surface area contributed by atoms with Gasteiger partial charge in [0.2, 0.25) is 0 Å². The van der Waals surface area contributed by atoms with Gasteiger partial charge in [0.05, 0.1) is 5.56 Å². The highest BCUT2D eigenvalue weighted by Crippen LogP contribution is 2.44. The molecule has 0 amide bonds. The van der Waals surface area contributed by atoms with Gasteiger partial charge in [-0.3, -0.25) is 4.79 Å². The summed E-state index contributed by atoms with van der Waals surface area (Å²) in [7, 11) is 1.57. The van der Waals surface area contributed by atoms with Crippen LogP contribution in [0.5, 0.6) is 0 Å². The largest absolute Gasteiger partial charge is 0.459 e. The van der Waals surface area contributed by atoms with Gasteiger partial charge < -0.3 is 18.9 Å². The number of benzene rings is 1. The summed E-state index contributed by atoms with van der Waals surface area (Å²) < 4.78 is 23.9. The Bertz CT molecular complexity index is 874. The highest BCUT2D eigenvalue weighted by atomic mass is 16.7. The molecule has 3 rings (SSSR count). The second-order valence-electron chi connectivity index (χ2n) is 9.34. The highest BCUT2D eigenvalue weighted by Gasteiger charge is 2.55. The molecule has 1 aromatic carbocycles. The molecule has 1 unspecified atom stereocenters. The number of esters is 2. The normalized spacial score (nSPS) is 31.2. The molecular weight excluding hydrogens is 426 g/mol. The fourth-order valence-corrected chi connectivity index (χ4v) is 4.87. The molecular formula is C24H33N3O6. The SMILES string of the molecule is COC1([C@H](C)C[C@H](C)CN=[N+]=[N-])C[C@@H](OC(=O)c2ccccc2)[C@H]([C@@H]2C[C@@H](C)CC(=O)O2)O1. The zero-order chi connectivity index (χ0) is 24.0. The van der Waals surface area contributed by atoms with Crippen molar-refractivity contribution in [2.45, 2.75) is 70.6 Å². The number of azide groups is 1. The van der Waals surface area contributed by atoms with Crippen molar-refractivity contribution in [1.82, 2.24) is 0 Å². The molecule has 0 spiro atoms. The van der Waals surface area contributed by atoms with Gasteiger partial charge in [-0.25, -0.2) is 4.79 Å². The summed E-state index contributed by atoms with van der Waals surface area (Å²) in [5.74, 6) is -1.59. The first-order valence-corrected chi connectivity index (χ1v) is 11.5. The lowest BCUT2D eigenvalue weighted by atomic mass is 9.87.